The molecule has 1 aliphatic heterocycles. The summed E-state index contributed by atoms with van der Waals surface area (Å²) in [7, 11) is 0. The van der Waals surface area contributed by atoms with Crippen LogP contribution >= 0.6 is 0 Å². The molecule has 1 aromatic carbocycles. The Hall–Kier alpha value is -1.56. The number of rotatable bonds is 3. The van der Waals surface area contributed by atoms with Crippen molar-refractivity contribution in [3.8, 4) is 0 Å². The third kappa shape index (κ3) is 2.81. The highest BCUT2D eigenvalue weighted by molar-refractivity contribution is 5.91. The van der Waals surface area contributed by atoms with Gasteiger partial charge in [0, 0.05) is 6.42 Å². The molecule has 0 spiro atoms. The van der Waals surface area contributed by atoms with E-state index in [0.717, 1.165) is 31.6 Å². The molecule has 2 N–H and O–H groups in total. The maximum atomic E-state index is 13.3. The van der Waals surface area contributed by atoms with E-state index in [1.54, 1.807) is 0 Å². The summed E-state index contributed by atoms with van der Waals surface area (Å²) in [6, 6.07) is 1.80. The number of carbonyl (C=O) groups is 1. The van der Waals surface area contributed by atoms with Crippen molar-refractivity contribution in [2.45, 2.75) is 12.8 Å². The van der Waals surface area contributed by atoms with E-state index in [9.17, 15) is 18.0 Å². The van der Waals surface area contributed by atoms with Crippen LogP contribution in [-0.4, -0.2) is 19.0 Å². The molecule has 1 aromatic rings. The molecule has 0 aliphatic carbocycles. The summed E-state index contributed by atoms with van der Waals surface area (Å²) in [5.74, 6) is -4.40. The fourth-order valence-corrected chi connectivity index (χ4v) is 1.97. The van der Waals surface area contributed by atoms with Crippen LogP contribution < -0.4 is 10.6 Å². The third-order valence-corrected chi connectivity index (χ3v) is 2.95. The Morgan fingerprint density at radius 1 is 1.33 bits per heavy atom. The minimum Gasteiger partial charge on any atom is -0.323 e. The van der Waals surface area contributed by atoms with E-state index < -0.39 is 23.4 Å². The molecule has 18 heavy (non-hydrogen) atoms. The van der Waals surface area contributed by atoms with Crippen molar-refractivity contribution >= 4 is 11.6 Å². The molecular weight excluding hydrogens is 245 g/mol. The van der Waals surface area contributed by atoms with Gasteiger partial charge in [0.25, 0.3) is 0 Å². The summed E-state index contributed by atoms with van der Waals surface area (Å²) >= 11 is 0. The lowest BCUT2D eigenvalue weighted by Gasteiger charge is -2.10. The van der Waals surface area contributed by atoms with Crippen LogP contribution in [0, 0.1) is 23.4 Å². The zero-order valence-electron chi connectivity index (χ0n) is 9.60. The Kier molecular flexibility index (Phi) is 3.86. The first-order valence-electron chi connectivity index (χ1n) is 5.72. The predicted molar refractivity (Wildman–Crippen MR) is 60.5 cm³/mol. The van der Waals surface area contributed by atoms with E-state index in [4.69, 9.17) is 0 Å². The number of halogens is 3. The molecule has 1 amide bonds. The second kappa shape index (κ2) is 5.39. The highest BCUT2D eigenvalue weighted by Gasteiger charge is 2.20. The van der Waals surface area contributed by atoms with E-state index in [-0.39, 0.29) is 18.0 Å². The first-order valence-corrected chi connectivity index (χ1v) is 5.72. The van der Waals surface area contributed by atoms with Crippen LogP contribution in [0.3, 0.4) is 0 Å². The lowest BCUT2D eigenvalue weighted by Crippen LogP contribution is -2.19. The molecule has 98 valence electrons. The van der Waals surface area contributed by atoms with Crippen molar-refractivity contribution in [3.63, 3.8) is 0 Å². The summed E-state index contributed by atoms with van der Waals surface area (Å²) in [4.78, 5) is 11.6. The molecule has 0 radical (unpaired) electrons. The van der Waals surface area contributed by atoms with Crippen LogP contribution in [0.5, 0.6) is 0 Å². The SMILES string of the molecule is O=C(CC1CCNC1)Nc1ccc(F)c(F)c1F. The molecule has 3 nitrogen and oxygen atoms in total. The third-order valence-electron chi connectivity index (χ3n) is 2.95. The maximum absolute atomic E-state index is 13.3. The normalized spacial score (nSPS) is 18.9. The molecule has 1 unspecified atom stereocenters. The first-order chi connectivity index (χ1) is 8.58. The number of anilines is 1. The van der Waals surface area contributed by atoms with E-state index in [1.165, 1.54) is 0 Å². The van der Waals surface area contributed by atoms with Crippen LogP contribution in [0.4, 0.5) is 18.9 Å². The van der Waals surface area contributed by atoms with Crippen LogP contribution in [0.25, 0.3) is 0 Å². The summed E-state index contributed by atoms with van der Waals surface area (Å²) in [6.07, 6.45) is 1.12. The highest BCUT2D eigenvalue weighted by atomic mass is 19.2. The maximum Gasteiger partial charge on any atom is 0.224 e. The van der Waals surface area contributed by atoms with E-state index >= 15 is 0 Å². The molecule has 6 heteroatoms. The molecule has 1 saturated heterocycles. The minimum atomic E-state index is -1.57. The summed E-state index contributed by atoms with van der Waals surface area (Å²) < 4.78 is 38.9. The molecule has 2 rings (SSSR count). The zero-order valence-corrected chi connectivity index (χ0v) is 9.60. The Morgan fingerprint density at radius 3 is 2.78 bits per heavy atom. The summed E-state index contributed by atoms with van der Waals surface area (Å²) in [5.41, 5.74) is -0.329. The second-order valence-corrected chi connectivity index (χ2v) is 4.33. The highest BCUT2D eigenvalue weighted by Crippen LogP contribution is 2.20. The molecule has 1 heterocycles. The average molecular weight is 258 g/mol. The molecule has 0 bridgehead atoms. The molecule has 1 fully saturated rings. The van der Waals surface area contributed by atoms with Gasteiger partial charge in [0.2, 0.25) is 5.91 Å². The van der Waals surface area contributed by atoms with Gasteiger partial charge in [-0.05, 0) is 37.6 Å². The van der Waals surface area contributed by atoms with Gasteiger partial charge in [-0.1, -0.05) is 0 Å². The van der Waals surface area contributed by atoms with Gasteiger partial charge in [-0.3, -0.25) is 4.79 Å². The van der Waals surface area contributed by atoms with Crippen molar-refractivity contribution < 1.29 is 18.0 Å². The number of amides is 1. The van der Waals surface area contributed by atoms with E-state index in [0.29, 0.717) is 0 Å². The van der Waals surface area contributed by atoms with Gasteiger partial charge in [-0.15, -0.1) is 0 Å². The number of nitrogens with one attached hydrogen (secondary N) is 2. The van der Waals surface area contributed by atoms with Crippen LogP contribution in [-0.2, 0) is 4.79 Å². The average Bonchev–Trinajstić information content (AvgIpc) is 2.83. The Labute approximate surface area is 102 Å². The van der Waals surface area contributed by atoms with E-state index in [2.05, 4.69) is 10.6 Å². The van der Waals surface area contributed by atoms with Gasteiger partial charge in [0.15, 0.2) is 17.5 Å². The first kappa shape index (κ1) is 12.9. The Bertz CT molecular complexity index is 459. The van der Waals surface area contributed by atoms with Gasteiger partial charge in [0.05, 0.1) is 5.69 Å². The fourth-order valence-electron chi connectivity index (χ4n) is 1.97. The topological polar surface area (TPSA) is 41.1 Å². The monoisotopic (exact) mass is 258 g/mol. The number of benzene rings is 1. The molecular formula is C12H13F3N2O. The smallest absolute Gasteiger partial charge is 0.224 e. The summed E-state index contributed by atoms with van der Waals surface area (Å²) in [6.45, 7) is 1.60. The quantitative estimate of drug-likeness (QED) is 0.815. The standard InChI is InChI=1S/C12H13F3N2O/c13-8-1-2-9(12(15)11(8)14)17-10(18)5-7-3-4-16-6-7/h1-2,7,16H,3-6H2,(H,17,18). The lowest BCUT2D eigenvalue weighted by molar-refractivity contribution is -0.117. The van der Waals surface area contributed by atoms with Crippen molar-refractivity contribution in [2.24, 2.45) is 5.92 Å². The van der Waals surface area contributed by atoms with Gasteiger partial charge < -0.3 is 10.6 Å². The molecule has 1 atom stereocenters. The van der Waals surface area contributed by atoms with Crippen molar-refractivity contribution in [1.29, 1.82) is 0 Å². The molecule has 0 saturated carbocycles. The number of hydrogen-bond acceptors (Lipinski definition) is 2. The van der Waals surface area contributed by atoms with Crippen LogP contribution in [0.15, 0.2) is 12.1 Å². The minimum absolute atomic E-state index is 0.207. The van der Waals surface area contributed by atoms with Gasteiger partial charge in [0.1, 0.15) is 0 Å². The van der Waals surface area contributed by atoms with Gasteiger partial charge in [-0.2, -0.15) is 0 Å². The van der Waals surface area contributed by atoms with Gasteiger partial charge in [-0.25, -0.2) is 13.2 Å². The molecule has 1 aliphatic rings. The van der Waals surface area contributed by atoms with Crippen molar-refractivity contribution in [3.05, 3.63) is 29.6 Å². The number of hydrogen-bond donors (Lipinski definition) is 2. The summed E-state index contributed by atoms with van der Waals surface area (Å²) in [5, 5.41) is 5.36. The van der Waals surface area contributed by atoms with E-state index in [1.807, 2.05) is 0 Å². The molecule has 0 aromatic heterocycles. The van der Waals surface area contributed by atoms with Crippen LogP contribution in [0.1, 0.15) is 12.8 Å². The lowest BCUT2D eigenvalue weighted by atomic mass is 10.0. The second-order valence-electron chi connectivity index (χ2n) is 4.33. The van der Waals surface area contributed by atoms with Crippen molar-refractivity contribution in [2.75, 3.05) is 18.4 Å². The Morgan fingerprint density at radius 2 is 2.11 bits per heavy atom. The van der Waals surface area contributed by atoms with Gasteiger partial charge >= 0.3 is 0 Å². The van der Waals surface area contributed by atoms with Crippen LogP contribution in [0.2, 0.25) is 0 Å². The zero-order chi connectivity index (χ0) is 13.1. The largest absolute Gasteiger partial charge is 0.323 e. The van der Waals surface area contributed by atoms with Crippen molar-refractivity contribution in [1.82, 2.24) is 5.32 Å². The number of carbonyl (C=O) groups excluding carboxylic acids is 1. The fraction of sp³-hybridized carbons (Fsp3) is 0.417. The Balaban J connectivity index is 2.00. The predicted octanol–water partition coefficient (Wildman–Crippen LogP) is 2.04.